The lowest BCUT2D eigenvalue weighted by Gasteiger charge is -2.16. The van der Waals surface area contributed by atoms with Gasteiger partial charge in [-0.15, -0.1) is 0 Å². The van der Waals surface area contributed by atoms with Crippen molar-refractivity contribution in [2.24, 2.45) is 11.7 Å². The van der Waals surface area contributed by atoms with Crippen LogP contribution in [0, 0.1) is 16.0 Å². The van der Waals surface area contributed by atoms with Gasteiger partial charge >= 0.3 is 0 Å². The van der Waals surface area contributed by atoms with Crippen molar-refractivity contribution in [3.63, 3.8) is 0 Å². The summed E-state index contributed by atoms with van der Waals surface area (Å²) in [5, 5.41) is 11.1. The van der Waals surface area contributed by atoms with E-state index in [1.165, 1.54) is 11.6 Å². The predicted molar refractivity (Wildman–Crippen MR) is 100 cm³/mol. The van der Waals surface area contributed by atoms with Crippen molar-refractivity contribution >= 4 is 11.8 Å². The van der Waals surface area contributed by atoms with Gasteiger partial charge in [-0.2, -0.15) is 0 Å². The highest BCUT2D eigenvalue weighted by molar-refractivity contribution is 5.60. The zero-order chi connectivity index (χ0) is 17.6. The monoisotopic (exact) mass is 337 g/mol. The third-order valence-corrected chi connectivity index (χ3v) is 4.84. The number of benzene rings is 2. The number of para-hydroxylation sites is 1. The average molecular weight is 337 g/mol. The molecule has 0 saturated carbocycles. The molecular weight excluding hydrogens is 314 g/mol. The molecule has 3 rings (SSSR count). The molecule has 2 N–H and O–H groups in total. The molecule has 2 aromatic rings. The Morgan fingerprint density at radius 2 is 1.84 bits per heavy atom. The van der Waals surface area contributed by atoms with Crippen molar-refractivity contribution in [2.45, 2.75) is 5.92 Å². The van der Waals surface area contributed by atoms with E-state index in [1.54, 1.807) is 12.1 Å². The second-order valence-electron chi connectivity index (χ2n) is 6.45. The number of likely N-dealkylation sites (tertiary alicyclic amines) is 1. The zero-order valence-corrected chi connectivity index (χ0v) is 14.1. The topological polar surface area (TPSA) is 72.4 Å². The van der Waals surface area contributed by atoms with Crippen LogP contribution in [0.25, 0.3) is 6.08 Å². The first kappa shape index (κ1) is 17.3. The normalized spacial score (nSPS) is 21.0. The minimum absolute atomic E-state index is 0.141. The summed E-state index contributed by atoms with van der Waals surface area (Å²) in [5.74, 6) is 0.896. The standard InChI is InChI=1S/C20H23N3O2/c21-13-18-14-22(15-19(18)16-7-2-1-3-8-16)12-6-10-17-9-4-5-11-20(17)23(24)25/h1-11,18-19H,12-15,21H2/b10-6+/t18-,19+/m1/s1. The van der Waals surface area contributed by atoms with Crippen LogP contribution in [-0.2, 0) is 0 Å². The maximum absolute atomic E-state index is 11.1. The Kier molecular flexibility index (Phi) is 5.58. The second-order valence-corrected chi connectivity index (χ2v) is 6.45. The number of nitrogens with two attached hydrogens (primary N) is 1. The van der Waals surface area contributed by atoms with Gasteiger partial charge < -0.3 is 5.73 Å². The molecule has 0 unspecified atom stereocenters. The molecule has 1 aliphatic rings. The maximum atomic E-state index is 11.1. The van der Waals surface area contributed by atoms with Crippen molar-refractivity contribution < 1.29 is 4.92 Å². The van der Waals surface area contributed by atoms with Gasteiger partial charge in [0.05, 0.1) is 10.5 Å². The first-order chi connectivity index (χ1) is 12.2. The molecule has 0 radical (unpaired) electrons. The van der Waals surface area contributed by atoms with Crippen molar-refractivity contribution in [2.75, 3.05) is 26.2 Å². The molecule has 0 aromatic heterocycles. The number of nitrogens with zero attached hydrogens (tertiary/aromatic N) is 2. The summed E-state index contributed by atoms with van der Waals surface area (Å²) in [5.41, 5.74) is 8.09. The van der Waals surface area contributed by atoms with Gasteiger partial charge in [0.25, 0.3) is 5.69 Å². The summed E-state index contributed by atoms with van der Waals surface area (Å²) in [6.07, 6.45) is 3.84. The third-order valence-electron chi connectivity index (χ3n) is 4.84. The van der Waals surface area contributed by atoms with Gasteiger partial charge in [-0.3, -0.25) is 15.0 Å². The molecule has 5 heteroatoms. The van der Waals surface area contributed by atoms with Crippen molar-refractivity contribution in [3.05, 3.63) is 81.9 Å². The van der Waals surface area contributed by atoms with Crippen LogP contribution in [0.1, 0.15) is 17.0 Å². The number of rotatable bonds is 6. The van der Waals surface area contributed by atoms with Gasteiger partial charge in [-0.05, 0) is 24.1 Å². The summed E-state index contributed by atoms with van der Waals surface area (Å²) >= 11 is 0. The fraction of sp³-hybridized carbons (Fsp3) is 0.300. The van der Waals surface area contributed by atoms with Gasteiger partial charge in [0.2, 0.25) is 0 Å². The number of nitro groups is 1. The van der Waals surface area contributed by atoms with Gasteiger partial charge in [0.1, 0.15) is 0 Å². The molecule has 130 valence electrons. The highest BCUT2D eigenvalue weighted by Gasteiger charge is 2.32. The Labute approximate surface area is 147 Å². The lowest BCUT2D eigenvalue weighted by Crippen LogP contribution is -2.23. The van der Waals surface area contributed by atoms with Crippen LogP contribution in [-0.4, -0.2) is 36.0 Å². The molecule has 2 aromatic carbocycles. The van der Waals surface area contributed by atoms with Crippen LogP contribution in [0.15, 0.2) is 60.7 Å². The van der Waals surface area contributed by atoms with E-state index in [9.17, 15) is 10.1 Å². The van der Waals surface area contributed by atoms with E-state index in [-0.39, 0.29) is 10.6 Å². The van der Waals surface area contributed by atoms with E-state index in [0.717, 1.165) is 19.6 Å². The van der Waals surface area contributed by atoms with Crippen LogP contribution < -0.4 is 5.73 Å². The van der Waals surface area contributed by atoms with Crippen LogP contribution in [0.4, 0.5) is 5.69 Å². The summed E-state index contributed by atoms with van der Waals surface area (Å²) in [6, 6.07) is 17.3. The Bertz CT molecular complexity index is 746. The summed E-state index contributed by atoms with van der Waals surface area (Å²) in [4.78, 5) is 13.1. The van der Waals surface area contributed by atoms with E-state index in [4.69, 9.17) is 5.73 Å². The van der Waals surface area contributed by atoms with Gasteiger partial charge in [-0.1, -0.05) is 54.6 Å². The lowest BCUT2D eigenvalue weighted by atomic mass is 9.89. The molecule has 5 nitrogen and oxygen atoms in total. The van der Waals surface area contributed by atoms with Crippen LogP contribution in [0.3, 0.4) is 0 Å². The minimum Gasteiger partial charge on any atom is -0.330 e. The van der Waals surface area contributed by atoms with Gasteiger partial charge in [0.15, 0.2) is 0 Å². The van der Waals surface area contributed by atoms with Crippen LogP contribution in [0.2, 0.25) is 0 Å². The lowest BCUT2D eigenvalue weighted by molar-refractivity contribution is -0.385. The van der Waals surface area contributed by atoms with E-state index >= 15 is 0 Å². The van der Waals surface area contributed by atoms with Crippen molar-refractivity contribution in [1.82, 2.24) is 4.90 Å². The largest absolute Gasteiger partial charge is 0.330 e. The molecule has 0 spiro atoms. The first-order valence-electron chi connectivity index (χ1n) is 8.56. The number of nitro benzene ring substituents is 1. The predicted octanol–water partition coefficient (Wildman–Crippen LogP) is 3.28. The molecule has 0 bridgehead atoms. The van der Waals surface area contributed by atoms with E-state index in [1.807, 2.05) is 24.3 Å². The molecule has 1 aliphatic heterocycles. The highest BCUT2D eigenvalue weighted by atomic mass is 16.6. The van der Waals surface area contributed by atoms with Crippen LogP contribution in [0.5, 0.6) is 0 Å². The average Bonchev–Trinajstić information content (AvgIpc) is 3.06. The number of hydrogen-bond acceptors (Lipinski definition) is 4. The molecule has 1 saturated heterocycles. The maximum Gasteiger partial charge on any atom is 0.276 e. The van der Waals surface area contributed by atoms with Crippen molar-refractivity contribution in [1.29, 1.82) is 0 Å². The van der Waals surface area contributed by atoms with E-state index in [0.29, 0.717) is 23.9 Å². The fourth-order valence-corrected chi connectivity index (χ4v) is 3.55. The summed E-state index contributed by atoms with van der Waals surface area (Å²) in [7, 11) is 0. The second kappa shape index (κ2) is 8.05. The summed E-state index contributed by atoms with van der Waals surface area (Å²) in [6.45, 7) is 3.36. The Balaban J connectivity index is 1.66. The van der Waals surface area contributed by atoms with Gasteiger partial charge in [0, 0.05) is 31.6 Å². The molecule has 0 aliphatic carbocycles. The molecule has 0 amide bonds. The molecule has 1 fully saturated rings. The van der Waals surface area contributed by atoms with Gasteiger partial charge in [-0.25, -0.2) is 0 Å². The Morgan fingerprint density at radius 1 is 1.12 bits per heavy atom. The smallest absolute Gasteiger partial charge is 0.276 e. The first-order valence-corrected chi connectivity index (χ1v) is 8.56. The van der Waals surface area contributed by atoms with E-state index in [2.05, 4.69) is 29.2 Å². The molecule has 25 heavy (non-hydrogen) atoms. The molecular formula is C20H23N3O2. The Hall–Kier alpha value is -2.50. The number of hydrogen-bond donors (Lipinski definition) is 1. The zero-order valence-electron chi connectivity index (χ0n) is 14.1. The highest BCUT2D eigenvalue weighted by Crippen LogP contribution is 2.31. The SMILES string of the molecule is NC[C@@H]1CN(C/C=C/c2ccccc2[N+](=O)[O-])C[C@H]1c1ccccc1. The third kappa shape index (κ3) is 4.13. The van der Waals surface area contributed by atoms with Crippen molar-refractivity contribution in [3.8, 4) is 0 Å². The fourth-order valence-electron chi connectivity index (χ4n) is 3.55. The quantitative estimate of drug-likeness (QED) is 0.648. The minimum atomic E-state index is -0.342. The Morgan fingerprint density at radius 3 is 2.56 bits per heavy atom. The molecule has 1 heterocycles. The summed E-state index contributed by atoms with van der Waals surface area (Å²) < 4.78 is 0. The van der Waals surface area contributed by atoms with Crippen LogP contribution >= 0.6 is 0 Å². The molecule has 2 atom stereocenters. The van der Waals surface area contributed by atoms with E-state index < -0.39 is 0 Å².